The van der Waals surface area contributed by atoms with Gasteiger partial charge >= 0.3 is 6.18 Å². The maximum Gasteiger partial charge on any atom is 0.451 e. The number of alkyl halides is 3. The Morgan fingerprint density at radius 1 is 0.857 bits per heavy atom. The summed E-state index contributed by atoms with van der Waals surface area (Å²) >= 11 is 5.67. The summed E-state index contributed by atoms with van der Waals surface area (Å²) in [5, 5.41) is 1.68. The highest BCUT2D eigenvalue weighted by Crippen LogP contribution is 2.30. The predicted octanol–water partition coefficient (Wildman–Crippen LogP) is 4.97. The van der Waals surface area contributed by atoms with Gasteiger partial charge in [-0.15, -0.1) is 0 Å². The summed E-state index contributed by atoms with van der Waals surface area (Å²) in [6, 6.07) is 14.2. The van der Waals surface area contributed by atoms with Crippen molar-refractivity contribution >= 4 is 22.4 Å². The molecule has 0 fully saturated rings. The van der Waals surface area contributed by atoms with Crippen LogP contribution in [0.5, 0.6) is 0 Å². The van der Waals surface area contributed by atoms with Crippen molar-refractivity contribution in [3.63, 3.8) is 0 Å². The maximum atomic E-state index is 12.7. The Morgan fingerprint density at radius 3 is 2.29 bits per heavy atom. The first-order valence-corrected chi connectivity index (χ1v) is 6.42. The van der Waals surface area contributed by atoms with E-state index in [1.165, 1.54) is 6.07 Å². The van der Waals surface area contributed by atoms with Gasteiger partial charge in [-0.05, 0) is 16.8 Å². The van der Waals surface area contributed by atoms with Gasteiger partial charge in [-0.2, -0.15) is 13.2 Å². The molecule has 1 heterocycles. The van der Waals surface area contributed by atoms with Crippen molar-refractivity contribution in [1.29, 1.82) is 0 Å². The van der Waals surface area contributed by atoms with Crippen LogP contribution in [0.2, 0.25) is 5.15 Å². The molecule has 2 nitrogen and oxygen atoms in total. The van der Waals surface area contributed by atoms with Crippen LogP contribution in [0.25, 0.3) is 22.0 Å². The normalized spacial score (nSPS) is 11.8. The van der Waals surface area contributed by atoms with E-state index < -0.39 is 12.0 Å². The molecular weight excluding hydrogens is 301 g/mol. The van der Waals surface area contributed by atoms with Crippen LogP contribution in [0.15, 0.2) is 48.5 Å². The summed E-state index contributed by atoms with van der Waals surface area (Å²) in [7, 11) is 0. The van der Waals surface area contributed by atoms with Crippen LogP contribution < -0.4 is 0 Å². The molecule has 0 aliphatic carbocycles. The fraction of sp³-hybridized carbons (Fsp3) is 0.0667. The van der Waals surface area contributed by atoms with E-state index in [4.69, 9.17) is 11.6 Å². The molecule has 0 aliphatic heterocycles. The fourth-order valence-corrected chi connectivity index (χ4v) is 2.22. The Labute approximate surface area is 123 Å². The molecule has 21 heavy (non-hydrogen) atoms. The summed E-state index contributed by atoms with van der Waals surface area (Å²) in [6.07, 6.45) is -4.63. The Hall–Kier alpha value is -2.14. The molecular formula is C15H8ClF3N2. The molecule has 0 saturated carbocycles. The van der Waals surface area contributed by atoms with Gasteiger partial charge in [-0.25, -0.2) is 9.97 Å². The average Bonchev–Trinajstić information content (AvgIpc) is 2.45. The van der Waals surface area contributed by atoms with E-state index in [1.807, 2.05) is 30.3 Å². The molecule has 0 unspecified atom stereocenters. The smallest absolute Gasteiger partial charge is 0.224 e. The zero-order valence-corrected chi connectivity index (χ0v) is 11.3. The first-order chi connectivity index (χ1) is 9.93. The minimum absolute atomic E-state index is 0.146. The van der Waals surface area contributed by atoms with E-state index in [9.17, 15) is 13.2 Å². The molecule has 106 valence electrons. The Kier molecular flexibility index (Phi) is 3.29. The molecule has 0 saturated heterocycles. The largest absolute Gasteiger partial charge is 0.451 e. The molecule has 6 heteroatoms. The van der Waals surface area contributed by atoms with Crippen LogP contribution in [0.4, 0.5) is 13.2 Å². The Bertz CT molecular complexity index is 815. The van der Waals surface area contributed by atoms with Crippen molar-refractivity contribution in [1.82, 2.24) is 9.97 Å². The first kappa shape index (κ1) is 13.8. The third kappa shape index (κ3) is 2.83. The van der Waals surface area contributed by atoms with E-state index in [0.29, 0.717) is 5.56 Å². The highest BCUT2D eigenvalue weighted by molar-refractivity contribution is 6.29. The molecule has 0 atom stereocenters. The van der Waals surface area contributed by atoms with Gasteiger partial charge in [0.2, 0.25) is 5.82 Å². The number of halogens is 4. The van der Waals surface area contributed by atoms with Gasteiger partial charge in [-0.1, -0.05) is 48.0 Å². The van der Waals surface area contributed by atoms with Crippen LogP contribution in [0.1, 0.15) is 5.82 Å². The Morgan fingerprint density at radius 2 is 1.57 bits per heavy atom. The first-order valence-electron chi connectivity index (χ1n) is 6.04. The van der Waals surface area contributed by atoms with Crippen molar-refractivity contribution in [3.05, 3.63) is 59.5 Å². The van der Waals surface area contributed by atoms with Gasteiger partial charge in [0.15, 0.2) is 0 Å². The van der Waals surface area contributed by atoms with Crippen LogP contribution >= 0.6 is 11.6 Å². The van der Waals surface area contributed by atoms with Crippen LogP contribution in [0, 0.1) is 0 Å². The maximum absolute atomic E-state index is 12.7. The molecule has 0 amide bonds. The minimum atomic E-state index is -4.63. The van der Waals surface area contributed by atoms with Gasteiger partial charge in [0, 0.05) is 11.6 Å². The molecule has 0 bridgehead atoms. The lowest BCUT2D eigenvalue weighted by Gasteiger charge is -2.08. The van der Waals surface area contributed by atoms with E-state index in [2.05, 4.69) is 9.97 Å². The standard InChI is InChI=1S/C15H8ClF3N2/c16-13-8-12(20-14(21-13)15(17,18)19)11-6-5-9-3-1-2-4-10(9)7-11/h1-8H. The molecule has 1 aromatic heterocycles. The SMILES string of the molecule is FC(F)(F)c1nc(Cl)cc(-c2ccc3ccccc3c2)n1. The summed E-state index contributed by atoms with van der Waals surface area (Å²) in [5.74, 6) is -1.24. The van der Waals surface area contributed by atoms with Crippen LogP contribution in [-0.2, 0) is 6.18 Å². The molecule has 0 N–H and O–H groups in total. The second-order valence-electron chi connectivity index (χ2n) is 4.46. The zero-order valence-electron chi connectivity index (χ0n) is 10.5. The van der Waals surface area contributed by atoms with E-state index in [-0.39, 0.29) is 10.8 Å². The molecule has 0 radical (unpaired) electrons. The van der Waals surface area contributed by atoms with Crippen molar-refractivity contribution in [2.45, 2.75) is 6.18 Å². The third-order valence-corrected chi connectivity index (χ3v) is 3.19. The van der Waals surface area contributed by atoms with Gasteiger partial charge in [0.25, 0.3) is 0 Å². The molecule has 3 rings (SSSR count). The topological polar surface area (TPSA) is 25.8 Å². The highest BCUT2D eigenvalue weighted by Gasteiger charge is 2.35. The zero-order chi connectivity index (χ0) is 15.0. The van der Waals surface area contributed by atoms with E-state index >= 15 is 0 Å². The highest BCUT2D eigenvalue weighted by atomic mass is 35.5. The lowest BCUT2D eigenvalue weighted by molar-refractivity contribution is -0.144. The van der Waals surface area contributed by atoms with Crippen LogP contribution in [0.3, 0.4) is 0 Å². The number of aromatic nitrogens is 2. The summed E-state index contributed by atoms with van der Waals surface area (Å²) < 4.78 is 38.2. The number of rotatable bonds is 1. The number of hydrogen-bond donors (Lipinski definition) is 0. The minimum Gasteiger partial charge on any atom is -0.224 e. The van der Waals surface area contributed by atoms with Crippen LogP contribution in [-0.4, -0.2) is 9.97 Å². The predicted molar refractivity (Wildman–Crippen MR) is 75.0 cm³/mol. The number of benzene rings is 2. The quantitative estimate of drug-likeness (QED) is 0.593. The lowest BCUT2D eigenvalue weighted by Crippen LogP contribution is -2.11. The second-order valence-corrected chi connectivity index (χ2v) is 4.85. The molecule has 3 aromatic rings. The van der Waals surface area contributed by atoms with E-state index in [1.54, 1.807) is 12.1 Å². The van der Waals surface area contributed by atoms with Crippen molar-refractivity contribution in [2.24, 2.45) is 0 Å². The molecule has 0 aliphatic rings. The fourth-order valence-electron chi connectivity index (χ4n) is 2.04. The summed E-state index contributed by atoms with van der Waals surface area (Å²) in [5.41, 5.74) is 0.705. The van der Waals surface area contributed by atoms with Crippen molar-refractivity contribution in [2.75, 3.05) is 0 Å². The molecule has 2 aromatic carbocycles. The van der Waals surface area contributed by atoms with Gasteiger partial charge in [0.05, 0.1) is 5.69 Å². The van der Waals surface area contributed by atoms with Crippen molar-refractivity contribution in [3.8, 4) is 11.3 Å². The molecule has 0 spiro atoms. The monoisotopic (exact) mass is 308 g/mol. The Balaban J connectivity index is 2.16. The summed E-state index contributed by atoms with van der Waals surface area (Å²) in [4.78, 5) is 6.78. The average molecular weight is 309 g/mol. The lowest BCUT2D eigenvalue weighted by atomic mass is 10.1. The van der Waals surface area contributed by atoms with Gasteiger partial charge in [-0.3, -0.25) is 0 Å². The summed E-state index contributed by atoms with van der Waals surface area (Å²) in [6.45, 7) is 0. The number of fused-ring (bicyclic) bond motifs is 1. The van der Waals surface area contributed by atoms with Gasteiger partial charge < -0.3 is 0 Å². The third-order valence-electron chi connectivity index (χ3n) is 2.99. The van der Waals surface area contributed by atoms with E-state index in [0.717, 1.165) is 10.8 Å². The van der Waals surface area contributed by atoms with Crippen molar-refractivity contribution < 1.29 is 13.2 Å². The number of hydrogen-bond acceptors (Lipinski definition) is 2. The van der Waals surface area contributed by atoms with Gasteiger partial charge in [0.1, 0.15) is 5.15 Å². The second kappa shape index (κ2) is 5.00. The number of nitrogens with zero attached hydrogens (tertiary/aromatic N) is 2.